The third kappa shape index (κ3) is 4.54. The van der Waals surface area contributed by atoms with Gasteiger partial charge in [0.1, 0.15) is 0 Å². The van der Waals surface area contributed by atoms with Crippen LogP contribution < -0.4 is 5.32 Å². The number of hydrogen-bond acceptors (Lipinski definition) is 3. The van der Waals surface area contributed by atoms with Gasteiger partial charge in [-0.05, 0) is 45.7 Å². The van der Waals surface area contributed by atoms with Gasteiger partial charge >= 0.3 is 5.97 Å². The average Bonchev–Trinajstić information content (AvgIpc) is 2.92. The standard InChI is InChI=1S/C21H28N2O3/c1-6-19(17-10-8-14(3)9-11-17)22-20(24)13-26-21(25)18-12-15(4)23(7-2)16(18)5/h8-12,19H,6-7,13H2,1-5H3,(H,22,24)/t19-/m0/s1. The van der Waals surface area contributed by atoms with Crippen LogP contribution in [-0.2, 0) is 16.1 Å². The molecule has 0 saturated heterocycles. The molecule has 1 atom stereocenters. The first-order chi connectivity index (χ1) is 12.4. The highest BCUT2D eigenvalue weighted by atomic mass is 16.5. The van der Waals surface area contributed by atoms with Crippen LogP contribution in [0.5, 0.6) is 0 Å². The highest BCUT2D eigenvalue weighted by Crippen LogP contribution is 2.18. The number of ether oxygens (including phenoxy) is 1. The molecule has 5 heteroatoms. The van der Waals surface area contributed by atoms with Gasteiger partial charge in [0.25, 0.3) is 5.91 Å². The smallest absolute Gasteiger partial charge is 0.340 e. The Morgan fingerprint density at radius 2 is 1.77 bits per heavy atom. The molecule has 0 aliphatic heterocycles. The fraction of sp³-hybridized carbons (Fsp3) is 0.429. The molecule has 1 heterocycles. The van der Waals surface area contributed by atoms with Crippen LogP contribution in [0.3, 0.4) is 0 Å². The van der Waals surface area contributed by atoms with Gasteiger partial charge in [0, 0.05) is 17.9 Å². The lowest BCUT2D eigenvalue weighted by molar-refractivity contribution is -0.125. The maximum atomic E-state index is 12.3. The molecule has 2 rings (SSSR count). The molecule has 0 radical (unpaired) electrons. The van der Waals surface area contributed by atoms with Crippen LogP contribution in [0.25, 0.3) is 0 Å². The van der Waals surface area contributed by atoms with Crippen molar-refractivity contribution in [1.82, 2.24) is 9.88 Å². The number of aromatic nitrogens is 1. The molecular formula is C21H28N2O3. The molecule has 2 aromatic rings. The number of nitrogens with zero attached hydrogens (tertiary/aromatic N) is 1. The lowest BCUT2D eigenvalue weighted by atomic mass is 10.0. The third-order valence-electron chi connectivity index (χ3n) is 4.67. The maximum absolute atomic E-state index is 12.3. The highest BCUT2D eigenvalue weighted by molar-refractivity contribution is 5.92. The molecule has 1 aromatic carbocycles. The summed E-state index contributed by atoms with van der Waals surface area (Å²) in [7, 11) is 0. The van der Waals surface area contributed by atoms with Gasteiger partial charge in [0.15, 0.2) is 6.61 Å². The summed E-state index contributed by atoms with van der Waals surface area (Å²) in [5.74, 6) is -0.758. The fourth-order valence-electron chi connectivity index (χ4n) is 3.16. The molecule has 0 aliphatic carbocycles. The van der Waals surface area contributed by atoms with Crippen molar-refractivity contribution in [3.05, 3.63) is 58.4 Å². The molecule has 0 bridgehead atoms. The normalized spacial score (nSPS) is 11.9. The maximum Gasteiger partial charge on any atom is 0.340 e. The quantitative estimate of drug-likeness (QED) is 0.767. The van der Waals surface area contributed by atoms with Crippen molar-refractivity contribution in [2.24, 2.45) is 0 Å². The van der Waals surface area contributed by atoms with Crippen LogP contribution in [0.1, 0.15) is 59.2 Å². The van der Waals surface area contributed by atoms with Crippen molar-refractivity contribution in [1.29, 1.82) is 0 Å². The summed E-state index contributed by atoms with van der Waals surface area (Å²) in [6.07, 6.45) is 0.764. The second-order valence-electron chi connectivity index (χ2n) is 6.54. The zero-order chi connectivity index (χ0) is 19.3. The predicted molar refractivity (Wildman–Crippen MR) is 102 cm³/mol. The minimum absolute atomic E-state index is 0.0908. The van der Waals surface area contributed by atoms with Gasteiger partial charge in [-0.25, -0.2) is 4.79 Å². The van der Waals surface area contributed by atoms with E-state index in [1.54, 1.807) is 6.07 Å². The Morgan fingerprint density at radius 1 is 1.12 bits per heavy atom. The van der Waals surface area contributed by atoms with E-state index in [-0.39, 0.29) is 18.6 Å². The SMILES string of the molecule is CC[C@H](NC(=O)COC(=O)c1cc(C)n(CC)c1C)c1ccc(C)cc1. The van der Waals surface area contributed by atoms with E-state index in [9.17, 15) is 9.59 Å². The van der Waals surface area contributed by atoms with Crippen LogP contribution in [0.15, 0.2) is 30.3 Å². The first-order valence-electron chi connectivity index (χ1n) is 9.07. The van der Waals surface area contributed by atoms with Crippen molar-refractivity contribution >= 4 is 11.9 Å². The minimum Gasteiger partial charge on any atom is -0.452 e. The second kappa shape index (κ2) is 8.70. The minimum atomic E-state index is -0.462. The number of benzene rings is 1. The molecule has 1 aromatic heterocycles. The zero-order valence-corrected chi connectivity index (χ0v) is 16.3. The molecule has 1 amide bonds. The number of nitrogens with one attached hydrogen (secondary N) is 1. The van der Waals surface area contributed by atoms with Gasteiger partial charge in [-0.2, -0.15) is 0 Å². The zero-order valence-electron chi connectivity index (χ0n) is 16.3. The highest BCUT2D eigenvalue weighted by Gasteiger charge is 2.18. The average molecular weight is 356 g/mol. The van der Waals surface area contributed by atoms with Crippen molar-refractivity contribution < 1.29 is 14.3 Å². The summed E-state index contributed by atoms with van der Waals surface area (Å²) in [5.41, 5.74) is 4.61. The Labute approximate surface area is 155 Å². The van der Waals surface area contributed by atoms with Gasteiger partial charge in [-0.15, -0.1) is 0 Å². The van der Waals surface area contributed by atoms with Gasteiger partial charge in [0.05, 0.1) is 11.6 Å². The van der Waals surface area contributed by atoms with E-state index < -0.39 is 5.97 Å². The molecule has 0 spiro atoms. The number of carbonyl (C=O) groups is 2. The van der Waals surface area contributed by atoms with Crippen molar-refractivity contribution in [2.45, 2.75) is 53.6 Å². The lowest BCUT2D eigenvalue weighted by Crippen LogP contribution is -2.32. The van der Waals surface area contributed by atoms with E-state index in [0.29, 0.717) is 5.56 Å². The molecule has 1 N–H and O–H groups in total. The van der Waals surface area contributed by atoms with E-state index in [4.69, 9.17) is 4.74 Å². The molecule has 0 fully saturated rings. The molecule has 140 valence electrons. The summed E-state index contributed by atoms with van der Waals surface area (Å²) in [5, 5.41) is 2.93. The van der Waals surface area contributed by atoms with Crippen LogP contribution in [0, 0.1) is 20.8 Å². The van der Waals surface area contributed by atoms with Crippen LogP contribution in [-0.4, -0.2) is 23.1 Å². The summed E-state index contributed by atoms with van der Waals surface area (Å²) < 4.78 is 7.26. The van der Waals surface area contributed by atoms with E-state index in [1.807, 2.05) is 63.5 Å². The molecule has 0 saturated carbocycles. The third-order valence-corrected chi connectivity index (χ3v) is 4.67. The van der Waals surface area contributed by atoms with Crippen LogP contribution >= 0.6 is 0 Å². The summed E-state index contributed by atoms with van der Waals surface area (Å²) >= 11 is 0. The number of esters is 1. The van der Waals surface area contributed by atoms with Crippen LogP contribution in [0.4, 0.5) is 0 Å². The first-order valence-corrected chi connectivity index (χ1v) is 9.07. The number of hydrogen-bond donors (Lipinski definition) is 1. The van der Waals surface area contributed by atoms with Crippen molar-refractivity contribution in [2.75, 3.05) is 6.61 Å². The van der Waals surface area contributed by atoms with Gasteiger partial charge in [0.2, 0.25) is 0 Å². The summed E-state index contributed by atoms with van der Waals surface area (Å²) in [6.45, 7) is 10.4. The molecule has 0 aliphatic rings. The van der Waals surface area contributed by atoms with E-state index in [0.717, 1.165) is 29.9 Å². The van der Waals surface area contributed by atoms with E-state index >= 15 is 0 Å². The topological polar surface area (TPSA) is 60.3 Å². The van der Waals surface area contributed by atoms with Gasteiger partial charge < -0.3 is 14.6 Å². The second-order valence-corrected chi connectivity index (χ2v) is 6.54. The van der Waals surface area contributed by atoms with Crippen LogP contribution in [0.2, 0.25) is 0 Å². The number of rotatable bonds is 7. The Kier molecular flexibility index (Phi) is 6.61. The molecule has 0 unspecified atom stereocenters. The predicted octanol–water partition coefficient (Wildman–Crippen LogP) is 3.86. The molecular weight excluding hydrogens is 328 g/mol. The first kappa shape index (κ1) is 19.8. The van der Waals surface area contributed by atoms with E-state index in [2.05, 4.69) is 5.32 Å². The molecule has 5 nitrogen and oxygen atoms in total. The number of amides is 1. The van der Waals surface area contributed by atoms with Gasteiger partial charge in [-0.3, -0.25) is 4.79 Å². The number of aryl methyl sites for hydroxylation is 2. The summed E-state index contributed by atoms with van der Waals surface area (Å²) in [6, 6.07) is 9.78. The Bertz CT molecular complexity index is 775. The monoisotopic (exact) mass is 356 g/mol. The van der Waals surface area contributed by atoms with Crippen molar-refractivity contribution in [3.63, 3.8) is 0 Å². The van der Waals surface area contributed by atoms with Gasteiger partial charge in [-0.1, -0.05) is 36.8 Å². The largest absolute Gasteiger partial charge is 0.452 e. The fourth-order valence-corrected chi connectivity index (χ4v) is 3.16. The Balaban J connectivity index is 1.95. The molecule has 26 heavy (non-hydrogen) atoms. The van der Waals surface area contributed by atoms with Crippen molar-refractivity contribution in [3.8, 4) is 0 Å². The Hall–Kier alpha value is -2.56. The Morgan fingerprint density at radius 3 is 2.31 bits per heavy atom. The lowest BCUT2D eigenvalue weighted by Gasteiger charge is -2.17. The van der Waals surface area contributed by atoms with E-state index in [1.165, 1.54) is 5.56 Å². The summed E-state index contributed by atoms with van der Waals surface area (Å²) in [4.78, 5) is 24.5. The number of carbonyl (C=O) groups excluding carboxylic acids is 2.